The predicted molar refractivity (Wildman–Crippen MR) is 103 cm³/mol. The summed E-state index contributed by atoms with van der Waals surface area (Å²) in [6.45, 7) is 1.72. The number of anilines is 1. The molecule has 8 heteroatoms. The standard InChI is InChI=1S/C19H18ClN7/c20-16-5-12-8-23-27(15-9-22-26(11-15)14-1-2-14)18(12)6-19(16)25-4-3-17-13(10-25)7-21-24-17/h5-9,11,14H,1-4,10H2,(H,21,24). The molecule has 0 amide bonds. The summed E-state index contributed by atoms with van der Waals surface area (Å²) in [4.78, 5) is 2.31. The first-order valence-electron chi connectivity index (χ1n) is 9.24. The van der Waals surface area contributed by atoms with Crippen LogP contribution in [0.4, 0.5) is 5.69 Å². The van der Waals surface area contributed by atoms with Gasteiger partial charge in [-0.1, -0.05) is 11.6 Å². The van der Waals surface area contributed by atoms with Crippen molar-refractivity contribution >= 4 is 28.2 Å². The molecule has 1 saturated carbocycles. The minimum absolute atomic E-state index is 0.558. The molecule has 136 valence electrons. The van der Waals surface area contributed by atoms with E-state index in [-0.39, 0.29) is 0 Å². The molecule has 0 bridgehead atoms. The van der Waals surface area contributed by atoms with Crippen LogP contribution in [0, 0.1) is 0 Å². The van der Waals surface area contributed by atoms with Gasteiger partial charge in [0.2, 0.25) is 0 Å². The number of hydrogen-bond acceptors (Lipinski definition) is 4. The van der Waals surface area contributed by atoms with Crippen molar-refractivity contribution in [3.63, 3.8) is 0 Å². The van der Waals surface area contributed by atoms with Gasteiger partial charge in [0.1, 0.15) is 5.69 Å². The SMILES string of the molecule is Clc1cc2cnn(-c3cnn(C4CC4)c3)c2cc1N1CCc2[nH]ncc2C1. The normalized spacial score (nSPS) is 16.9. The first kappa shape index (κ1) is 15.3. The second-order valence-corrected chi connectivity index (χ2v) is 7.78. The summed E-state index contributed by atoms with van der Waals surface area (Å²) in [5.41, 5.74) is 5.52. The fourth-order valence-corrected chi connectivity index (χ4v) is 4.18. The van der Waals surface area contributed by atoms with E-state index in [0.717, 1.165) is 46.8 Å². The van der Waals surface area contributed by atoms with Crippen LogP contribution in [0.1, 0.15) is 30.1 Å². The Bertz CT molecular complexity index is 1150. The maximum absolute atomic E-state index is 6.63. The second kappa shape index (κ2) is 5.60. The van der Waals surface area contributed by atoms with Gasteiger partial charge >= 0.3 is 0 Å². The number of nitrogens with zero attached hydrogens (tertiary/aromatic N) is 6. The van der Waals surface area contributed by atoms with Gasteiger partial charge < -0.3 is 4.90 Å². The summed E-state index contributed by atoms with van der Waals surface area (Å²) in [5, 5.41) is 18.1. The summed E-state index contributed by atoms with van der Waals surface area (Å²) < 4.78 is 4.00. The summed E-state index contributed by atoms with van der Waals surface area (Å²) in [6.07, 6.45) is 11.1. The lowest BCUT2D eigenvalue weighted by Crippen LogP contribution is -2.30. The lowest BCUT2D eigenvalue weighted by Gasteiger charge is -2.29. The number of halogens is 1. The Morgan fingerprint density at radius 2 is 2.04 bits per heavy atom. The quantitative estimate of drug-likeness (QED) is 0.591. The van der Waals surface area contributed by atoms with Crippen molar-refractivity contribution in [2.45, 2.75) is 31.8 Å². The molecule has 2 aliphatic rings. The highest BCUT2D eigenvalue weighted by atomic mass is 35.5. The number of benzene rings is 1. The van der Waals surface area contributed by atoms with Gasteiger partial charge in [-0.2, -0.15) is 15.3 Å². The molecule has 3 aromatic heterocycles. The van der Waals surface area contributed by atoms with Crippen LogP contribution in [0.5, 0.6) is 0 Å². The van der Waals surface area contributed by atoms with E-state index >= 15 is 0 Å². The lowest BCUT2D eigenvalue weighted by atomic mass is 10.1. The minimum Gasteiger partial charge on any atom is -0.365 e. The zero-order valence-corrected chi connectivity index (χ0v) is 15.4. The van der Waals surface area contributed by atoms with Gasteiger partial charge in [0.25, 0.3) is 0 Å². The van der Waals surface area contributed by atoms with Gasteiger partial charge in [-0.25, -0.2) is 4.68 Å². The van der Waals surface area contributed by atoms with Crippen molar-refractivity contribution < 1.29 is 0 Å². The van der Waals surface area contributed by atoms with Crippen molar-refractivity contribution in [2.75, 3.05) is 11.4 Å². The van der Waals surface area contributed by atoms with Crippen molar-refractivity contribution in [3.8, 4) is 5.69 Å². The third-order valence-corrected chi connectivity index (χ3v) is 5.83. The first-order chi connectivity index (χ1) is 13.3. The van der Waals surface area contributed by atoms with Crippen LogP contribution in [-0.4, -0.2) is 36.3 Å². The highest BCUT2D eigenvalue weighted by Crippen LogP contribution is 2.36. The molecule has 6 rings (SSSR count). The van der Waals surface area contributed by atoms with E-state index in [0.29, 0.717) is 6.04 Å². The number of H-pyrrole nitrogens is 1. The van der Waals surface area contributed by atoms with Crippen LogP contribution in [0.3, 0.4) is 0 Å². The molecule has 27 heavy (non-hydrogen) atoms. The van der Waals surface area contributed by atoms with Gasteiger partial charge in [-0.05, 0) is 25.0 Å². The Kier molecular flexibility index (Phi) is 3.17. The Labute approximate surface area is 160 Å². The average molecular weight is 380 g/mol. The summed E-state index contributed by atoms with van der Waals surface area (Å²) in [7, 11) is 0. The maximum atomic E-state index is 6.63. The Hall–Kier alpha value is -2.80. The van der Waals surface area contributed by atoms with Gasteiger partial charge in [-0.3, -0.25) is 9.78 Å². The van der Waals surface area contributed by atoms with E-state index in [9.17, 15) is 0 Å². The summed E-state index contributed by atoms with van der Waals surface area (Å²) in [5.74, 6) is 0. The zero-order valence-electron chi connectivity index (χ0n) is 14.6. The van der Waals surface area contributed by atoms with E-state index in [1.165, 1.54) is 24.1 Å². The van der Waals surface area contributed by atoms with Crippen LogP contribution in [0.2, 0.25) is 5.02 Å². The second-order valence-electron chi connectivity index (χ2n) is 7.37. The van der Waals surface area contributed by atoms with Crippen molar-refractivity contribution in [1.82, 2.24) is 29.8 Å². The molecule has 1 aliphatic heterocycles. The number of aromatic amines is 1. The molecular formula is C19H18ClN7. The smallest absolute Gasteiger partial charge is 0.103 e. The fraction of sp³-hybridized carbons (Fsp3) is 0.316. The number of fused-ring (bicyclic) bond motifs is 2. The molecule has 1 aromatic carbocycles. The molecular weight excluding hydrogens is 362 g/mol. The van der Waals surface area contributed by atoms with Crippen LogP contribution in [0.15, 0.2) is 36.9 Å². The lowest BCUT2D eigenvalue weighted by molar-refractivity contribution is 0.641. The van der Waals surface area contributed by atoms with Crippen LogP contribution >= 0.6 is 11.6 Å². The summed E-state index contributed by atoms with van der Waals surface area (Å²) in [6, 6.07) is 4.71. The summed E-state index contributed by atoms with van der Waals surface area (Å²) >= 11 is 6.63. The molecule has 1 N–H and O–H groups in total. The topological polar surface area (TPSA) is 67.6 Å². The van der Waals surface area contributed by atoms with Crippen LogP contribution in [-0.2, 0) is 13.0 Å². The predicted octanol–water partition coefficient (Wildman–Crippen LogP) is 3.50. The molecule has 4 aromatic rings. The van der Waals surface area contributed by atoms with E-state index in [1.54, 1.807) is 0 Å². The average Bonchev–Trinajstić information content (AvgIpc) is 3.08. The number of rotatable bonds is 3. The van der Waals surface area contributed by atoms with Crippen LogP contribution in [0.25, 0.3) is 16.6 Å². The molecule has 0 atom stereocenters. The Balaban J connectivity index is 1.42. The third kappa shape index (κ3) is 2.45. The van der Waals surface area contributed by atoms with E-state index in [4.69, 9.17) is 11.6 Å². The zero-order chi connectivity index (χ0) is 18.0. The van der Waals surface area contributed by atoms with Gasteiger partial charge in [0.15, 0.2) is 0 Å². The first-order valence-corrected chi connectivity index (χ1v) is 9.62. The molecule has 0 spiro atoms. The number of hydrogen-bond donors (Lipinski definition) is 1. The van der Waals surface area contributed by atoms with E-state index < -0.39 is 0 Å². The number of aromatic nitrogens is 6. The third-order valence-electron chi connectivity index (χ3n) is 5.53. The van der Waals surface area contributed by atoms with Crippen LogP contribution < -0.4 is 4.90 Å². The molecule has 0 saturated heterocycles. The van der Waals surface area contributed by atoms with Crippen molar-refractivity contribution in [2.24, 2.45) is 0 Å². The maximum Gasteiger partial charge on any atom is 0.103 e. The number of nitrogens with one attached hydrogen (secondary N) is 1. The highest BCUT2D eigenvalue weighted by Gasteiger charge is 2.25. The monoisotopic (exact) mass is 379 g/mol. The van der Waals surface area contributed by atoms with Crippen molar-refractivity contribution in [3.05, 3.63) is 53.2 Å². The fourth-order valence-electron chi connectivity index (χ4n) is 3.89. The van der Waals surface area contributed by atoms with Gasteiger partial charge in [-0.15, -0.1) is 0 Å². The minimum atomic E-state index is 0.558. The van der Waals surface area contributed by atoms with Gasteiger partial charge in [0, 0.05) is 36.2 Å². The molecule has 1 aliphatic carbocycles. The Morgan fingerprint density at radius 3 is 2.93 bits per heavy atom. The van der Waals surface area contributed by atoms with E-state index in [2.05, 4.69) is 37.6 Å². The molecule has 1 fully saturated rings. The van der Waals surface area contributed by atoms with E-state index in [1.807, 2.05) is 34.0 Å². The largest absolute Gasteiger partial charge is 0.365 e. The van der Waals surface area contributed by atoms with Gasteiger partial charge in [0.05, 0.1) is 47.1 Å². The molecule has 0 unspecified atom stereocenters. The Morgan fingerprint density at radius 1 is 1.11 bits per heavy atom. The molecule has 4 heterocycles. The molecule has 7 nitrogen and oxygen atoms in total. The highest BCUT2D eigenvalue weighted by molar-refractivity contribution is 6.34. The molecule has 0 radical (unpaired) electrons. The van der Waals surface area contributed by atoms with Crippen molar-refractivity contribution in [1.29, 1.82) is 0 Å².